The summed E-state index contributed by atoms with van der Waals surface area (Å²) in [6.45, 7) is 2.01. The van der Waals surface area contributed by atoms with Crippen molar-refractivity contribution in [3.63, 3.8) is 0 Å². The molecule has 2 aromatic rings. The molecule has 0 saturated carbocycles. The number of rotatable bonds is 3. The normalized spacial score (nSPS) is 11.3. The zero-order valence-electron chi connectivity index (χ0n) is 11.8. The zero-order valence-corrected chi connectivity index (χ0v) is 12.6. The average Bonchev–Trinajstić information content (AvgIpc) is 2.37. The molecule has 2 rings (SSSR count). The van der Waals surface area contributed by atoms with Gasteiger partial charge in [0.25, 0.3) is 0 Å². The van der Waals surface area contributed by atoms with Crippen molar-refractivity contribution in [3.05, 3.63) is 48.0 Å². The first-order chi connectivity index (χ1) is 9.30. The third-order valence-corrected chi connectivity index (χ3v) is 4.35. The Bertz CT molecular complexity index is 739. The van der Waals surface area contributed by atoms with Crippen LogP contribution in [0.4, 0.5) is 17.1 Å². The van der Waals surface area contributed by atoms with Crippen molar-refractivity contribution in [2.75, 3.05) is 23.9 Å². The topological polar surface area (TPSA) is 63.4 Å². The summed E-state index contributed by atoms with van der Waals surface area (Å²) in [5.74, 6) is 0. The first kappa shape index (κ1) is 14.4. The van der Waals surface area contributed by atoms with Crippen LogP contribution in [0.1, 0.15) is 5.56 Å². The smallest absolute Gasteiger partial charge is 0.177 e. The Balaban J connectivity index is 2.54. The number of sulfone groups is 1. The van der Waals surface area contributed by atoms with E-state index in [0.29, 0.717) is 5.69 Å². The van der Waals surface area contributed by atoms with E-state index in [2.05, 4.69) is 0 Å². The van der Waals surface area contributed by atoms with Crippen molar-refractivity contribution < 1.29 is 8.42 Å². The third-order valence-electron chi connectivity index (χ3n) is 3.19. The average molecular weight is 290 g/mol. The number of nitrogens with two attached hydrogens (primary N) is 1. The highest BCUT2D eigenvalue weighted by Crippen LogP contribution is 2.33. The monoisotopic (exact) mass is 290 g/mol. The fourth-order valence-electron chi connectivity index (χ4n) is 2.12. The standard InChI is InChI=1S/C15H18N2O2S/c1-11-6-4-7-12(10-11)17(2)13-8-5-9-14(15(13)16)20(3,18)19/h4-10H,16H2,1-3H3. The molecule has 20 heavy (non-hydrogen) atoms. The predicted molar refractivity (Wildman–Crippen MR) is 83.2 cm³/mol. The van der Waals surface area contributed by atoms with Crippen LogP contribution < -0.4 is 10.6 Å². The molecule has 2 N–H and O–H groups in total. The van der Waals surface area contributed by atoms with Crippen LogP contribution in [0.2, 0.25) is 0 Å². The lowest BCUT2D eigenvalue weighted by molar-refractivity contribution is 0.602. The first-order valence-corrected chi connectivity index (χ1v) is 8.09. The minimum Gasteiger partial charge on any atom is -0.396 e. The lowest BCUT2D eigenvalue weighted by Crippen LogP contribution is -2.14. The number of benzene rings is 2. The molecule has 0 atom stereocenters. The summed E-state index contributed by atoms with van der Waals surface area (Å²) in [5.41, 5.74) is 9.07. The van der Waals surface area contributed by atoms with Gasteiger partial charge in [0.15, 0.2) is 9.84 Å². The molecule has 5 heteroatoms. The lowest BCUT2D eigenvalue weighted by atomic mass is 10.2. The molecule has 0 aliphatic rings. The minimum absolute atomic E-state index is 0.162. The highest BCUT2D eigenvalue weighted by Gasteiger charge is 2.16. The second-order valence-electron chi connectivity index (χ2n) is 4.86. The highest BCUT2D eigenvalue weighted by molar-refractivity contribution is 7.90. The van der Waals surface area contributed by atoms with Crippen LogP contribution in [0.5, 0.6) is 0 Å². The van der Waals surface area contributed by atoms with Crippen LogP contribution in [0.25, 0.3) is 0 Å². The van der Waals surface area contributed by atoms with Crippen LogP contribution in [-0.2, 0) is 9.84 Å². The van der Waals surface area contributed by atoms with Gasteiger partial charge in [-0.3, -0.25) is 0 Å². The van der Waals surface area contributed by atoms with Gasteiger partial charge in [-0.15, -0.1) is 0 Å². The van der Waals surface area contributed by atoms with Crippen molar-refractivity contribution in [2.24, 2.45) is 0 Å². The number of hydrogen-bond donors (Lipinski definition) is 1. The van der Waals surface area contributed by atoms with Crippen molar-refractivity contribution in [2.45, 2.75) is 11.8 Å². The Morgan fingerprint density at radius 2 is 1.75 bits per heavy atom. The molecule has 0 bridgehead atoms. The minimum atomic E-state index is -3.33. The lowest BCUT2D eigenvalue weighted by Gasteiger charge is -2.22. The maximum Gasteiger partial charge on any atom is 0.177 e. The van der Waals surface area contributed by atoms with Gasteiger partial charge in [-0.1, -0.05) is 18.2 Å². The van der Waals surface area contributed by atoms with Gasteiger partial charge in [-0.25, -0.2) is 8.42 Å². The predicted octanol–water partition coefficient (Wildman–Crippen LogP) is 2.75. The number of hydrogen-bond acceptors (Lipinski definition) is 4. The molecule has 0 saturated heterocycles. The van der Waals surface area contributed by atoms with E-state index in [-0.39, 0.29) is 10.6 Å². The van der Waals surface area contributed by atoms with E-state index in [1.165, 1.54) is 6.07 Å². The molecule has 0 aromatic heterocycles. The maximum atomic E-state index is 11.7. The second kappa shape index (κ2) is 5.17. The number of aryl methyl sites for hydroxylation is 1. The molecule has 0 radical (unpaired) electrons. The SMILES string of the molecule is Cc1cccc(N(C)c2cccc(S(C)(=O)=O)c2N)c1. The van der Waals surface area contributed by atoms with Crippen LogP contribution >= 0.6 is 0 Å². The van der Waals surface area contributed by atoms with Gasteiger partial charge >= 0.3 is 0 Å². The molecule has 0 aliphatic carbocycles. The van der Waals surface area contributed by atoms with Crippen LogP contribution in [0, 0.1) is 6.92 Å². The highest BCUT2D eigenvalue weighted by atomic mass is 32.2. The fraction of sp³-hybridized carbons (Fsp3) is 0.200. The van der Waals surface area contributed by atoms with E-state index >= 15 is 0 Å². The van der Waals surface area contributed by atoms with Crippen molar-refractivity contribution in [1.29, 1.82) is 0 Å². The van der Waals surface area contributed by atoms with Gasteiger partial charge in [0.2, 0.25) is 0 Å². The quantitative estimate of drug-likeness (QED) is 0.883. The molecule has 0 amide bonds. The Labute approximate surface area is 119 Å². The molecule has 0 aliphatic heterocycles. The van der Waals surface area contributed by atoms with E-state index in [4.69, 9.17) is 5.73 Å². The molecular formula is C15H18N2O2S. The van der Waals surface area contributed by atoms with Crippen molar-refractivity contribution >= 4 is 26.9 Å². The summed E-state index contributed by atoms with van der Waals surface area (Å²) in [7, 11) is -1.46. The second-order valence-corrected chi connectivity index (χ2v) is 6.84. The number of nitrogen functional groups attached to an aromatic ring is 1. The zero-order chi connectivity index (χ0) is 14.9. The Morgan fingerprint density at radius 1 is 1.10 bits per heavy atom. The Morgan fingerprint density at radius 3 is 2.35 bits per heavy atom. The molecule has 2 aromatic carbocycles. The van der Waals surface area contributed by atoms with E-state index in [9.17, 15) is 8.42 Å². The van der Waals surface area contributed by atoms with Gasteiger partial charge in [0, 0.05) is 19.0 Å². The summed E-state index contributed by atoms with van der Waals surface area (Å²) < 4.78 is 23.4. The fourth-order valence-corrected chi connectivity index (χ4v) is 2.95. The number of anilines is 3. The van der Waals surface area contributed by atoms with E-state index in [0.717, 1.165) is 17.5 Å². The van der Waals surface area contributed by atoms with Gasteiger partial charge in [0.1, 0.15) is 0 Å². The molecule has 106 valence electrons. The van der Waals surface area contributed by atoms with Crippen LogP contribution in [0.3, 0.4) is 0 Å². The molecule has 4 nitrogen and oxygen atoms in total. The Hall–Kier alpha value is -2.01. The molecule has 0 unspecified atom stereocenters. The van der Waals surface area contributed by atoms with Crippen LogP contribution in [0.15, 0.2) is 47.4 Å². The maximum absolute atomic E-state index is 11.7. The summed E-state index contributed by atoms with van der Waals surface area (Å²) in [6.07, 6.45) is 1.16. The number of para-hydroxylation sites is 1. The number of nitrogens with zero attached hydrogens (tertiary/aromatic N) is 1. The summed E-state index contributed by atoms with van der Waals surface area (Å²) in [6, 6.07) is 13.0. The first-order valence-electron chi connectivity index (χ1n) is 6.19. The summed E-state index contributed by atoms with van der Waals surface area (Å²) in [4.78, 5) is 2.05. The van der Waals surface area contributed by atoms with E-state index in [1.54, 1.807) is 6.07 Å². The molecule has 0 spiro atoms. The van der Waals surface area contributed by atoms with Crippen molar-refractivity contribution in [1.82, 2.24) is 0 Å². The van der Waals surface area contributed by atoms with Crippen LogP contribution in [-0.4, -0.2) is 21.7 Å². The molecule has 0 heterocycles. The van der Waals surface area contributed by atoms with E-state index in [1.807, 2.05) is 49.2 Å². The van der Waals surface area contributed by atoms with Gasteiger partial charge in [-0.05, 0) is 36.8 Å². The van der Waals surface area contributed by atoms with Gasteiger partial charge in [-0.2, -0.15) is 0 Å². The van der Waals surface area contributed by atoms with E-state index < -0.39 is 9.84 Å². The van der Waals surface area contributed by atoms with Crippen molar-refractivity contribution in [3.8, 4) is 0 Å². The molecule has 0 fully saturated rings. The largest absolute Gasteiger partial charge is 0.396 e. The third kappa shape index (κ3) is 2.77. The Kier molecular flexibility index (Phi) is 3.72. The molecular weight excluding hydrogens is 272 g/mol. The summed E-state index contributed by atoms with van der Waals surface area (Å²) >= 11 is 0. The summed E-state index contributed by atoms with van der Waals surface area (Å²) in [5, 5.41) is 0. The van der Waals surface area contributed by atoms with Gasteiger partial charge in [0.05, 0.1) is 16.3 Å². The van der Waals surface area contributed by atoms with Gasteiger partial charge < -0.3 is 10.6 Å².